The highest BCUT2D eigenvalue weighted by molar-refractivity contribution is 5.08. The lowest BCUT2D eigenvalue weighted by Gasteiger charge is -2.12. The molecule has 0 bridgehead atoms. The minimum absolute atomic E-state index is 0.197. The van der Waals surface area contributed by atoms with E-state index in [4.69, 9.17) is 0 Å². The predicted molar refractivity (Wildman–Crippen MR) is 64.8 cm³/mol. The largest absolute Gasteiger partial charge is 0.309 e. The molecule has 0 radical (unpaired) electrons. The summed E-state index contributed by atoms with van der Waals surface area (Å²) < 4.78 is 12.7. The molecule has 90 valence electrons. The molecule has 0 spiro atoms. The number of halogens is 1. The highest BCUT2D eigenvalue weighted by atomic mass is 19.1. The summed E-state index contributed by atoms with van der Waals surface area (Å²) in [5.41, 5.74) is 0.900. The first-order chi connectivity index (χ1) is 7.74. The van der Waals surface area contributed by atoms with Crippen LogP contribution in [0.1, 0.15) is 51.3 Å². The van der Waals surface area contributed by atoms with Gasteiger partial charge in [-0.25, -0.2) is 4.39 Å². The molecule has 1 aromatic heterocycles. The van der Waals surface area contributed by atoms with Gasteiger partial charge in [-0.3, -0.25) is 4.98 Å². The van der Waals surface area contributed by atoms with Crippen molar-refractivity contribution in [3.63, 3.8) is 0 Å². The fourth-order valence-corrected chi connectivity index (χ4v) is 1.62. The zero-order chi connectivity index (χ0) is 11.8. The summed E-state index contributed by atoms with van der Waals surface area (Å²) in [6, 6.07) is 3.39. The van der Waals surface area contributed by atoms with E-state index < -0.39 is 0 Å². The Bertz CT molecular complexity index is 284. The molecule has 0 aliphatic carbocycles. The van der Waals surface area contributed by atoms with Gasteiger partial charge in [0.1, 0.15) is 5.82 Å². The lowest BCUT2D eigenvalue weighted by Crippen LogP contribution is -2.20. The number of hydrogen-bond donors (Lipinski definition) is 1. The van der Waals surface area contributed by atoms with Crippen LogP contribution >= 0.6 is 0 Å². The molecule has 0 amide bonds. The first-order valence-electron chi connectivity index (χ1n) is 6.09. The Labute approximate surface area is 97.3 Å². The number of unbranched alkanes of at least 4 members (excludes halogenated alkanes) is 3. The fraction of sp³-hybridized carbons (Fsp3) is 0.615. The van der Waals surface area contributed by atoms with Crippen molar-refractivity contribution in [2.45, 2.75) is 45.6 Å². The predicted octanol–water partition coefficient (Wildman–Crippen LogP) is 3.45. The van der Waals surface area contributed by atoms with Crippen LogP contribution in [0.5, 0.6) is 0 Å². The highest BCUT2D eigenvalue weighted by Gasteiger charge is 2.05. The van der Waals surface area contributed by atoms with Crippen LogP contribution in [0.4, 0.5) is 4.39 Å². The van der Waals surface area contributed by atoms with Crippen molar-refractivity contribution in [1.29, 1.82) is 0 Å². The Balaban J connectivity index is 2.24. The third kappa shape index (κ3) is 4.71. The van der Waals surface area contributed by atoms with Crippen molar-refractivity contribution in [2.24, 2.45) is 0 Å². The minimum Gasteiger partial charge on any atom is -0.309 e. The van der Waals surface area contributed by atoms with E-state index in [-0.39, 0.29) is 11.9 Å². The van der Waals surface area contributed by atoms with Crippen LogP contribution in [-0.2, 0) is 0 Å². The lowest BCUT2D eigenvalue weighted by atomic mass is 10.2. The first kappa shape index (κ1) is 13.1. The molecular formula is C13H21FN2. The second-order valence-electron chi connectivity index (χ2n) is 4.14. The summed E-state index contributed by atoms with van der Waals surface area (Å²) in [5.74, 6) is -0.279. The van der Waals surface area contributed by atoms with E-state index in [0.29, 0.717) is 0 Å². The van der Waals surface area contributed by atoms with Gasteiger partial charge in [0.05, 0.1) is 11.9 Å². The SMILES string of the molecule is CCCCCCNC(C)c1ccc(F)cn1. The quantitative estimate of drug-likeness (QED) is 0.717. The van der Waals surface area contributed by atoms with Crippen LogP contribution in [-0.4, -0.2) is 11.5 Å². The molecule has 1 heterocycles. The average Bonchev–Trinajstić information content (AvgIpc) is 2.29. The summed E-state index contributed by atoms with van der Waals surface area (Å²) in [5, 5.41) is 3.39. The molecule has 3 heteroatoms. The Morgan fingerprint density at radius 3 is 2.75 bits per heavy atom. The molecule has 1 atom stereocenters. The Hall–Kier alpha value is -0.960. The zero-order valence-electron chi connectivity index (χ0n) is 10.2. The van der Waals surface area contributed by atoms with Gasteiger partial charge in [0.2, 0.25) is 0 Å². The monoisotopic (exact) mass is 224 g/mol. The van der Waals surface area contributed by atoms with E-state index in [2.05, 4.69) is 24.1 Å². The lowest BCUT2D eigenvalue weighted by molar-refractivity contribution is 0.525. The Kier molecular flexibility index (Phi) is 6.01. The van der Waals surface area contributed by atoms with Gasteiger partial charge in [-0.2, -0.15) is 0 Å². The van der Waals surface area contributed by atoms with E-state index in [1.165, 1.54) is 37.9 Å². The van der Waals surface area contributed by atoms with Gasteiger partial charge < -0.3 is 5.32 Å². The summed E-state index contributed by atoms with van der Waals surface area (Å²) in [4.78, 5) is 4.06. The molecule has 1 unspecified atom stereocenters. The van der Waals surface area contributed by atoms with Crippen molar-refractivity contribution >= 4 is 0 Å². The van der Waals surface area contributed by atoms with Crippen LogP contribution in [0.3, 0.4) is 0 Å². The number of nitrogens with one attached hydrogen (secondary N) is 1. The number of nitrogens with zero attached hydrogens (tertiary/aromatic N) is 1. The fourth-order valence-electron chi connectivity index (χ4n) is 1.62. The molecule has 0 fully saturated rings. The summed E-state index contributed by atoms with van der Waals surface area (Å²) in [6.07, 6.45) is 6.29. The number of hydrogen-bond acceptors (Lipinski definition) is 2. The molecule has 0 saturated heterocycles. The van der Waals surface area contributed by atoms with E-state index in [0.717, 1.165) is 12.2 Å². The van der Waals surface area contributed by atoms with E-state index in [1.807, 2.05) is 0 Å². The van der Waals surface area contributed by atoms with Crippen LogP contribution in [0, 0.1) is 5.82 Å². The Morgan fingerprint density at radius 2 is 2.12 bits per heavy atom. The Morgan fingerprint density at radius 1 is 1.31 bits per heavy atom. The maximum atomic E-state index is 12.7. The van der Waals surface area contributed by atoms with Gasteiger partial charge in [-0.1, -0.05) is 26.2 Å². The van der Waals surface area contributed by atoms with Crippen LogP contribution in [0.2, 0.25) is 0 Å². The van der Waals surface area contributed by atoms with E-state index in [9.17, 15) is 4.39 Å². The minimum atomic E-state index is -0.279. The summed E-state index contributed by atoms with van der Waals surface area (Å²) in [6.45, 7) is 5.26. The molecule has 0 aliphatic rings. The smallest absolute Gasteiger partial charge is 0.141 e. The second-order valence-corrected chi connectivity index (χ2v) is 4.14. The maximum absolute atomic E-state index is 12.7. The third-order valence-corrected chi connectivity index (χ3v) is 2.67. The maximum Gasteiger partial charge on any atom is 0.141 e. The van der Waals surface area contributed by atoms with Gasteiger partial charge in [-0.05, 0) is 32.0 Å². The van der Waals surface area contributed by atoms with Crippen molar-refractivity contribution in [1.82, 2.24) is 10.3 Å². The highest BCUT2D eigenvalue weighted by Crippen LogP contribution is 2.09. The van der Waals surface area contributed by atoms with Gasteiger partial charge in [0, 0.05) is 6.04 Å². The molecule has 0 saturated carbocycles. The van der Waals surface area contributed by atoms with Gasteiger partial charge in [0.15, 0.2) is 0 Å². The average molecular weight is 224 g/mol. The molecule has 0 aliphatic heterocycles. The topological polar surface area (TPSA) is 24.9 Å². The summed E-state index contributed by atoms with van der Waals surface area (Å²) in [7, 11) is 0. The van der Waals surface area contributed by atoms with E-state index in [1.54, 1.807) is 6.07 Å². The third-order valence-electron chi connectivity index (χ3n) is 2.67. The number of rotatable bonds is 7. The molecule has 0 aromatic carbocycles. The molecular weight excluding hydrogens is 203 g/mol. The first-order valence-corrected chi connectivity index (χ1v) is 6.09. The molecule has 2 nitrogen and oxygen atoms in total. The summed E-state index contributed by atoms with van der Waals surface area (Å²) >= 11 is 0. The van der Waals surface area contributed by atoms with Crippen molar-refractivity contribution in [3.05, 3.63) is 29.8 Å². The van der Waals surface area contributed by atoms with Crippen molar-refractivity contribution < 1.29 is 4.39 Å². The van der Waals surface area contributed by atoms with Crippen molar-refractivity contribution in [3.8, 4) is 0 Å². The van der Waals surface area contributed by atoms with Crippen LogP contribution < -0.4 is 5.32 Å². The molecule has 16 heavy (non-hydrogen) atoms. The standard InChI is InChI=1S/C13H21FN2/c1-3-4-5-6-9-15-11(2)13-8-7-12(14)10-16-13/h7-8,10-11,15H,3-6,9H2,1-2H3. The normalized spacial score (nSPS) is 12.7. The van der Waals surface area contributed by atoms with Gasteiger partial charge >= 0.3 is 0 Å². The van der Waals surface area contributed by atoms with Crippen LogP contribution in [0.25, 0.3) is 0 Å². The molecule has 1 aromatic rings. The number of aromatic nitrogens is 1. The zero-order valence-corrected chi connectivity index (χ0v) is 10.2. The second kappa shape index (κ2) is 7.34. The van der Waals surface area contributed by atoms with E-state index >= 15 is 0 Å². The van der Waals surface area contributed by atoms with Crippen molar-refractivity contribution in [2.75, 3.05) is 6.54 Å². The number of pyridine rings is 1. The van der Waals surface area contributed by atoms with Gasteiger partial charge in [-0.15, -0.1) is 0 Å². The van der Waals surface area contributed by atoms with Crippen LogP contribution in [0.15, 0.2) is 18.3 Å². The molecule has 1 rings (SSSR count). The van der Waals surface area contributed by atoms with Gasteiger partial charge in [0.25, 0.3) is 0 Å². The molecule has 1 N–H and O–H groups in total.